The van der Waals surface area contributed by atoms with Gasteiger partial charge in [0.05, 0.1) is 17.1 Å². The van der Waals surface area contributed by atoms with E-state index < -0.39 is 5.41 Å². The largest absolute Gasteiger partial charge is 0.260 e. The molecule has 1 aliphatic rings. The number of hydrogen-bond donors (Lipinski definition) is 0. The number of fused-ring (bicyclic) bond motifs is 3. The zero-order valence-electron chi connectivity index (χ0n) is 23.0. The van der Waals surface area contributed by atoms with Gasteiger partial charge in [-0.05, 0) is 89.5 Å². The Morgan fingerprint density at radius 2 is 1.15 bits per heavy atom. The minimum atomic E-state index is -0.652. The van der Waals surface area contributed by atoms with Gasteiger partial charge >= 0.3 is 0 Å². The predicted octanol–water partition coefficient (Wildman–Crippen LogP) is 9.10. The third kappa shape index (κ3) is 3.64. The molecule has 0 radical (unpaired) electrons. The first-order valence-electron chi connectivity index (χ1n) is 13.8. The molecule has 2 nitrogen and oxygen atoms in total. The van der Waals surface area contributed by atoms with Gasteiger partial charge in [-0.3, -0.25) is 9.97 Å². The molecular formula is C38H30N2. The van der Waals surface area contributed by atoms with Crippen LogP contribution >= 0.6 is 0 Å². The molecule has 0 bridgehead atoms. The first-order chi connectivity index (χ1) is 19.6. The summed E-state index contributed by atoms with van der Waals surface area (Å²) in [5.74, 6) is 0. The number of hydrogen-bond acceptors (Lipinski definition) is 2. The standard InChI is InChI=1S/C38H30N2/c1-25-22-26(2)37(27(3)23-25)29-20-21-39-36(24-29)38(35-19-11-18-34(40-35)28-12-5-4-6-13-28)32-16-9-7-14-30(32)31-15-8-10-17-33(31)38/h4-24H,1-3H3. The lowest BCUT2D eigenvalue weighted by molar-refractivity contribution is 0.707. The maximum Gasteiger partial charge on any atom is 0.106 e. The Morgan fingerprint density at radius 1 is 0.525 bits per heavy atom. The highest BCUT2D eigenvalue weighted by molar-refractivity contribution is 5.86. The molecule has 0 aliphatic heterocycles. The summed E-state index contributed by atoms with van der Waals surface area (Å²) >= 11 is 0. The van der Waals surface area contributed by atoms with Gasteiger partial charge in [0.15, 0.2) is 0 Å². The van der Waals surface area contributed by atoms with Gasteiger partial charge in [0.1, 0.15) is 5.41 Å². The number of nitrogens with zero attached hydrogens (tertiary/aromatic N) is 2. The van der Waals surface area contributed by atoms with Crippen molar-refractivity contribution in [2.24, 2.45) is 0 Å². The van der Waals surface area contributed by atoms with E-state index in [1.165, 1.54) is 50.1 Å². The number of aromatic nitrogens is 2. The van der Waals surface area contributed by atoms with Crippen molar-refractivity contribution in [1.82, 2.24) is 9.97 Å². The summed E-state index contributed by atoms with van der Waals surface area (Å²) in [5, 5.41) is 0. The summed E-state index contributed by atoms with van der Waals surface area (Å²) in [4.78, 5) is 10.5. The topological polar surface area (TPSA) is 25.8 Å². The van der Waals surface area contributed by atoms with Crippen molar-refractivity contribution in [3.63, 3.8) is 0 Å². The second-order valence-corrected chi connectivity index (χ2v) is 10.8. The second kappa shape index (κ2) is 9.43. The van der Waals surface area contributed by atoms with Crippen molar-refractivity contribution in [1.29, 1.82) is 0 Å². The molecule has 2 heterocycles. The average molecular weight is 515 g/mol. The molecule has 0 unspecified atom stereocenters. The van der Waals surface area contributed by atoms with Crippen LogP contribution in [0.25, 0.3) is 33.5 Å². The molecule has 192 valence electrons. The van der Waals surface area contributed by atoms with Gasteiger partial charge in [0.25, 0.3) is 0 Å². The molecule has 1 aliphatic carbocycles. The van der Waals surface area contributed by atoms with E-state index in [1.807, 2.05) is 12.3 Å². The van der Waals surface area contributed by atoms with Crippen LogP contribution in [0.4, 0.5) is 0 Å². The lowest BCUT2D eigenvalue weighted by Crippen LogP contribution is -2.31. The van der Waals surface area contributed by atoms with E-state index in [0.717, 1.165) is 22.6 Å². The van der Waals surface area contributed by atoms with Crippen LogP contribution in [0.5, 0.6) is 0 Å². The molecule has 0 spiro atoms. The summed E-state index contributed by atoms with van der Waals surface area (Å²) in [6.07, 6.45) is 1.97. The van der Waals surface area contributed by atoms with Crippen molar-refractivity contribution in [3.8, 4) is 33.5 Å². The van der Waals surface area contributed by atoms with E-state index in [4.69, 9.17) is 9.97 Å². The summed E-state index contributed by atoms with van der Waals surface area (Å²) in [5.41, 5.74) is 14.6. The van der Waals surface area contributed by atoms with E-state index in [2.05, 4.69) is 136 Å². The van der Waals surface area contributed by atoms with Crippen LogP contribution in [0.3, 0.4) is 0 Å². The molecule has 4 aromatic carbocycles. The average Bonchev–Trinajstić information content (AvgIpc) is 3.29. The molecule has 40 heavy (non-hydrogen) atoms. The van der Waals surface area contributed by atoms with Crippen LogP contribution in [0.1, 0.15) is 39.2 Å². The highest BCUT2D eigenvalue weighted by Crippen LogP contribution is 2.55. The van der Waals surface area contributed by atoms with Crippen molar-refractivity contribution < 1.29 is 0 Å². The molecule has 2 aromatic heterocycles. The Labute approximate surface area is 236 Å². The van der Waals surface area contributed by atoms with Crippen molar-refractivity contribution in [2.45, 2.75) is 26.2 Å². The maximum absolute atomic E-state index is 5.38. The lowest BCUT2D eigenvalue weighted by Gasteiger charge is -2.32. The molecule has 0 saturated carbocycles. The summed E-state index contributed by atoms with van der Waals surface area (Å²) in [6, 6.07) is 43.3. The van der Waals surface area contributed by atoms with Crippen LogP contribution in [0, 0.1) is 20.8 Å². The first-order valence-corrected chi connectivity index (χ1v) is 13.8. The molecule has 6 aromatic rings. The summed E-state index contributed by atoms with van der Waals surface area (Å²) < 4.78 is 0. The fourth-order valence-corrected chi connectivity index (χ4v) is 6.76. The minimum absolute atomic E-state index is 0.652. The predicted molar refractivity (Wildman–Crippen MR) is 164 cm³/mol. The third-order valence-corrected chi connectivity index (χ3v) is 8.27. The fourth-order valence-electron chi connectivity index (χ4n) is 6.76. The van der Waals surface area contributed by atoms with Gasteiger partial charge < -0.3 is 0 Å². The van der Waals surface area contributed by atoms with Gasteiger partial charge in [-0.15, -0.1) is 0 Å². The highest BCUT2D eigenvalue weighted by Gasteiger charge is 2.48. The van der Waals surface area contributed by atoms with E-state index in [1.54, 1.807) is 0 Å². The van der Waals surface area contributed by atoms with Crippen molar-refractivity contribution in [2.75, 3.05) is 0 Å². The van der Waals surface area contributed by atoms with Crippen molar-refractivity contribution in [3.05, 3.63) is 167 Å². The first kappa shape index (κ1) is 24.2. The number of rotatable bonds is 4. The Kier molecular flexibility index (Phi) is 5.71. The van der Waals surface area contributed by atoms with Gasteiger partial charge in [0.2, 0.25) is 0 Å². The highest BCUT2D eigenvalue weighted by atomic mass is 14.8. The Morgan fingerprint density at radius 3 is 1.82 bits per heavy atom. The van der Waals surface area contributed by atoms with Crippen LogP contribution in [0.15, 0.2) is 128 Å². The Hall–Kier alpha value is -4.82. The fraction of sp³-hybridized carbons (Fsp3) is 0.105. The lowest BCUT2D eigenvalue weighted by atomic mass is 9.71. The smallest absolute Gasteiger partial charge is 0.106 e. The normalized spacial score (nSPS) is 13.1. The monoisotopic (exact) mass is 514 g/mol. The molecule has 0 N–H and O–H groups in total. The molecule has 0 amide bonds. The molecule has 7 rings (SSSR count). The minimum Gasteiger partial charge on any atom is -0.260 e. The van der Waals surface area contributed by atoms with Gasteiger partial charge in [-0.2, -0.15) is 0 Å². The zero-order valence-corrected chi connectivity index (χ0v) is 23.0. The molecule has 0 atom stereocenters. The van der Waals surface area contributed by atoms with E-state index in [0.29, 0.717) is 0 Å². The van der Waals surface area contributed by atoms with E-state index in [9.17, 15) is 0 Å². The number of benzene rings is 4. The molecular weight excluding hydrogens is 484 g/mol. The quantitative estimate of drug-likeness (QED) is 0.234. The maximum atomic E-state index is 5.38. The van der Waals surface area contributed by atoms with Crippen LogP contribution in [-0.2, 0) is 5.41 Å². The molecule has 0 saturated heterocycles. The van der Waals surface area contributed by atoms with Gasteiger partial charge in [-0.25, -0.2) is 0 Å². The summed E-state index contributed by atoms with van der Waals surface area (Å²) in [6.45, 7) is 6.57. The van der Waals surface area contributed by atoms with Crippen LogP contribution in [-0.4, -0.2) is 9.97 Å². The van der Waals surface area contributed by atoms with Crippen LogP contribution < -0.4 is 0 Å². The van der Waals surface area contributed by atoms with Crippen molar-refractivity contribution >= 4 is 0 Å². The van der Waals surface area contributed by atoms with E-state index in [-0.39, 0.29) is 0 Å². The SMILES string of the molecule is Cc1cc(C)c(-c2ccnc(C3(c4cccc(-c5ccccc5)n4)c4ccccc4-c4ccccc43)c2)c(C)c1. The summed E-state index contributed by atoms with van der Waals surface area (Å²) in [7, 11) is 0. The van der Waals surface area contributed by atoms with Gasteiger partial charge in [-0.1, -0.05) is 103 Å². The number of pyridine rings is 2. The second-order valence-electron chi connectivity index (χ2n) is 10.8. The van der Waals surface area contributed by atoms with Gasteiger partial charge in [0, 0.05) is 11.8 Å². The third-order valence-electron chi connectivity index (χ3n) is 8.27. The molecule has 0 fully saturated rings. The molecule has 2 heteroatoms. The zero-order chi connectivity index (χ0) is 27.3. The Bertz CT molecular complexity index is 1820. The number of aryl methyl sites for hydroxylation is 3. The van der Waals surface area contributed by atoms with Crippen LogP contribution in [0.2, 0.25) is 0 Å². The Balaban J connectivity index is 1.56. The van der Waals surface area contributed by atoms with E-state index >= 15 is 0 Å².